The Bertz CT molecular complexity index is 228. The van der Waals surface area contributed by atoms with Gasteiger partial charge in [0, 0.05) is 12.3 Å². The molecular formula is C11H16O2. The normalized spacial score (nSPS) is 21.9. The summed E-state index contributed by atoms with van der Waals surface area (Å²) in [4.78, 5) is 10.9. The van der Waals surface area contributed by atoms with Crippen LogP contribution in [-0.2, 0) is 9.53 Å². The maximum absolute atomic E-state index is 10.9. The van der Waals surface area contributed by atoms with Crippen LogP contribution in [0.2, 0.25) is 0 Å². The summed E-state index contributed by atoms with van der Waals surface area (Å²) in [5.74, 6) is 0.532. The van der Waals surface area contributed by atoms with Crippen molar-refractivity contribution in [2.24, 2.45) is 5.92 Å². The lowest BCUT2D eigenvalue weighted by Crippen LogP contribution is -2.23. The molecule has 0 aromatic heterocycles. The van der Waals surface area contributed by atoms with E-state index in [0.29, 0.717) is 19.0 Å². The smallest absolute Gasteiger partial charge is 0.139 e. The summed E-state index contributed by atoms with van der Waals surface area (Å²) in [6, 6.07) is 0. The Morgan fingerprint density at radius 2 is 2.54 bits per heavy atom. The Labute approximate surface area is 79.3 Å². The van der Waals surface area contributed by atoms with Crippen LogP contribution in [0, 0.1) is 5.92 Å². The van der Waals surface area contributed by atoms with Crippen molar-refractivity contribution in [1.82, 2.24) is 0 Å². The standard InChI is InChI=1S/C11H16O2/c1-9(2)8-13-7-3-4-10-5-6-11(10)12/h3-4,10H,1,5-8H2,2H3/b4-3+. The minimum atomic E-state index is 0.174. The molecule has 2 heteroatoms. The van der Waals surface area contributed by atoms with E-state index in [1.54, 1.807) is 0 Å². The van der Waals surface area contributed by atoms with E-state index in [1.807, 2.05) is 19.1 Å². The van der Waals surface area contributed by atoms with Crippen molar-refractivity contribution in [3.63, 3.8) is 0 Å². The lowest BCUT2D eigenvalue weighted by molar-refractivity contribution is -0.127. The quantitative estimate of drug-likeness (QED) is 0.478. The molecule has 0 N–H and O–H groups in total. The van der Waals surface area contributed by atoms with Crippen LogP contribution in [-0.4, -0.2) is 19.0 Å². The van der Waals surface area contributed by atoms with Crippen molar-refractivity contribution < 1.29 is 9.53 Å². The Morgan fingerprint density at radius 1 is 1.77 bits per heavy atom. The second-order valence-electron chi connectivity index (χ2n) is 3.51. The van der Waals surface area contributed by atoms with Gasteiger partial charge in [-0.15, -0.1) is 0 Å². The fourth-order valence-electron chi connectivity index (χ4n) is 1.15. The first kappa shape index (κ1) is 10.2. The molecule has 0 amide bonds. The highest BCUT2D eigenvalue weighted by atomic mass is 16.5. The number of rotatable bonds is 5. The molecule has 1 aliphatic carbocycles. The number of ketones is 1. The third-order valence-corrected chi connectivity index (χ3v) is 2.05. The lowest BCUT2D eigenvalue weighted by atomic mass is 9.84. The fraction of sp³-hybridized carbons (Fsp3) is 0.545. The molecule has 0 aliphatic heterocycles. The molecule has 13 heavy (non-hydrogen) atoms. The van der Waals surface area contributed by atoms with Crippen LogP contribution in [0.1, 0.15) is 19.8 Å². The maximum Gasteiger partial charge on any atom is 0.139 e. The highest BCUT2D eigenvalue weighted by molar-refractivity contribution is 5.87. The van der Waals surface area contributed by atoms with E-state index in [-0.39, 0.29) is 5.92 Å². The van der Waals surface area contributed by atoms with Gasteiger partial charge < -0.3 is 4.74 Å². The average molecular weight is 180 g/mol. The van der Waals surface area contributed by atoms with Gasteiger partial charge >= 0.3 is 0 Å². The minimum Gasteiger partial charge on any atom is -0.373 e. The van der Waals surface area contributed by atoms with Gasteiger partial charge in [0.15, 0.2) is 0 Å². The van der Waals surface area contributed by atoms with Crippen molar-refractivity contribution in [2.75, 3.05) is 13.2 Å². The third-order valence-electron chi connectivity index (χ3n) is 2.05. The zero-order chi connectivity index (χ0) is 9.68. The zero-order valence-corrected chi connectivity index (χ0v) is 8.08. The number of carbonyl (C=O) groups is 1. The molecule has 1 atom stereocenters. The van der Waals surface area contributed by atoms with E-state index in [2.05, 4.69) is 6.58 Å². The largest absolute Gasteiger partial charge is 0.373 e. The summed E-state index contributed by atoms with van der Waals surface area (Å²) in [6.45, 7) is 6.83. The molecule has 72 valence electrons. The van der Waals surface area contributed by atoms with Crippen LogP contribution >= 0.6 is 0 Å². The van der Waals surface area contributed by atoms with Gasteiger partial charge in [0.25, 0.3) is 0 Å². The second-order valence-corrected chi connectivity index (χ2v) is 3.51. The Morgan fingerprint density at radius 3 is 3.00 bits per heavy atom. The molecule has 1 saturated carbocycles. The highest BCUT2D eigenvalue weighted by Crippen LogP contribution is 2.23. The molecule has 1 unspecified atom stereocenters. The van der Waals surface area contributed by atoms with Gasteiger partial charge in [-0.3, -0.25) is 4.79 Å². The van der Waals surface area contributed by atoms with Gasteiger partial charge in [-0.05, 0) is 13.3 Å². The number of hydrogen-bond acceptors (Lipinski definition) is 2. The molecule has 0 heterocycles. The van der Waals surface area contributed by atoms with Crippen LogP contribution in [0.3, 0.4) is 0 Å². The van der Waals surface area contributed by atoms with Crippen LogP contribution in [0.15, 0.2) is 24.3 Å². The molecule has 1 fully saturated rings. The van der Waals surface area contributed by atoms with Crippen LogP contribution in [0.5, 0.6) is 0 Å². The van der Waals surface area contributed by atoms with E-state index in [4.69, 9.17) is 4.74 Å². The number of hydrogen-bond donors (Lipinski definition) is 0. The maximum atomic E-state index is 10.9. The molecule has 1 rings (SSSR count). The zero-order valence-electron chi connectivity index (χ0n) is 8.08. The number of ether oxygens (including phenoxy) is 1. The minimum absolute atomic E-state index is 0.174. The molecule has 1 aliphatic rings. The first-order valence-corrected chi connectivity index (χ1v) is 4.61. The second kappa shape index (κ2) is 4.97. The summed E-state index contributed by atoms with van der Waals surface area (Å²) in [6.07, 6.45) is 5.63. The number of carbonyl (C=O) groups excluding carboxylic acids is 1. The Balaban J connectivity index is 2.04. The van der Waals surface area contributed by atoms with Gasteiger partial charge in [0.05, 0.1) is 13.2 Å². The monoisotopic (exact) mass is 180 g/mol. The Hall–Kier alpha value is -0.890. The average Bonchev–Trinajstić information content (AvgIpc) is 2.08. The van der Waals surface area contributed by atoms with E-state index in [9.17, 15) is 4.79 Å². The predicted molar refractivity (Wildman–Crippen MR) is 52.5 cm³/mol. The molecule has 0 bridgehead atoms. The number of allylic oxidation sites excluding steroid dienone is 1. The van der Waals surface area contributed by atoms with Crippen LogP contribution < -0.4 is 0 Å². The summed E-state index contributed by atoms with van der Waals surface area (Å²) in [5, 5.41) is 0. The molecule has 0 spiro atoms. The van der Waals surface area contributed by atoms with Crippen LogP contribution in [0.4, 0.5) is 0 Å². The first-order chi connectivity index (χ1) is 6.20. The van der Waals surface area contributed by atoms with Crippen molar-refractivity contribution >= 4 is 5.78 Å². The molecule has 0 aromatic carbocycles. The van der Waals surface area contributed by atoms with Gasteiger partial charge in [-0.2, -0.15) is 0 Å². The molecule has 0 aromatic rings. The molecule has 0 saturated heterocycles. The van der Waals surface area contributed by atoms with Crippen molar-refractivity contribution in [1.29, 1.82) is 0 Å². The van der Waals surface area contributed by atoms with E-state index < -0.39 is 0 Å². The SMILES string of the molecule is C=C(C)COC/C=C/C1CCC1=O. The van der Waals surface area contributed by atoms with E-state index in [0.717, 1.165) is 18.4 Å². The lowest BCUT2D eigenvalue weighted by Gasteiger charge is -2.19. The Kier molecular flexibility index (Phi) is 3.90. The van der Waals surface area contributed by atoms with Gasteiger partial charge in [-0.25, -0.2) is 0 Å². The van der Waals surface area contributed by atoms with Crippen molar-refractivity contribution in [3.05, 3.63) is 24.3 Å². The first-order valence-electron chi connectivity index (χ1n) is 4.61. The van der Waals surface area contributed by atoms with E-state index >= 15 is 0 Å². The van der Waals surface area contributed by atoms with Crippen molar-refractivity contribution in [2.45, 2.75) is 19.8 Å². The van der Waals surface area contributed by atoms with Gasteiger partial charge in [0.1, 0.15) is 5.78 Å². The third kappa shape index (κ3) is 3.55. The molecular weight excluding hydrogens is 164 g/mol. The van der Waals surface area contributed by atoms with Crippen molar-refractivity contribution in [3.8, 4) is 0 Å². The highest BCUT2D eigenvalue weighted by Gasteiger charge is 2.24. The van der Waals surface area contributed by atoms with E-state index in [1.165, 1.54) is 0 Å². The molecule has 2 nitrogen and oxygen atoms in total. The molecule has 0 radical (unpaired) electrons. The summed E-state index contributed by atoms with van der Waals surface area (Å²) >= 11 is 0. The summed E-state index contributed by atoms with van der Waals surface area (Å²) < 4.78 is 5.25. The van der Waals surface area contributed by atoms with Gasteiger partial charge in [0.2, 0.25) is 0 Å². The summed E-state index contributed by atoms with van der Waals surface area (Å²) in [5.41, 5.74) is 1.02. The van der Waals surface area contributed by atoms with Gasteiger partial charge in [-0.1, -0.05) is 24.3 Å². The summed E-state index contributed by atoms with van der Waals surface area (Å²) in [7, 11) is 0. The topological polar surface area (TPSA) is 26.3 Å². The fourth-order valence-corrected chi connectivity index (χ4v) is 1.15. The predicted octanol–water partition coefficient (Wildman–Crippen LogP) is 2.11. The van der Waals surface area contributed by atoms with Crippen LogP contribution in [0.25, 0.3) is 0 Å². The number of Topliss-reactive ketones (excluding diaryl/α,β-unsaturated/α-hetero) is 1.